The van der Waals surface area contributed by atoms with Crippen LogP contribution < -0.4 is 5.32 Å². The van der Waals surface area contributed by atoms with Crippen molar-refractivity contribution in [2.45, 2.75) is 38.0 Å². The number of nitrogens with zero attached hydrogens (tertiary/aromatic N) is 3. The van der Waals surface area contributed by atoms with Crippen LogP contribution in [0.15, 0.2) is 76.8 Å². The summed E-state index contributed by atoms with van der Waals surface area (Å²) in [5.41, 5.74) is 4.99. The first kappa shape index (κ1) is 24.8. The van der Waals surface area contributed by atoms with E-state index in [9.17, 15) is 18.4 Å². The fourth-order valence-corrected chi connectivity index (χ4v) is 5.54. The molecule has 3 aromatic rings. The smallest absolute Gasteiger partial charge is 0.262 e. The molecule has 0 unspecified atom stereocenters. The minimum absolute atomic E-state index is 0.0346. The van der Waals surface area contributed by atoms with Crippen LogP contribution in [0.2, 0.25) is 0 Å². The lowest BCUT2D eigenvalue weighted by molar-refractivity contribution is -0.121. The highest BCUT2D eigenvalue weighted by molar-refractivity contribution is 8.15. The summed E-state index contributed by atoms with van der Waals surface area (Å²) in [5.74, 6) is -1.39. The number of aryl methyl sites for hydroxylation is 2. The first-order valence-corrected chi connectivity index (χ1v) is 12.7. The van der Waals surface area contributed by atoms with E-state index in [0.717, 1.165) is 22.3 Å². The van der Waals surface area contributed by atoms with Crippen LogP contribution in [0.25, 0.3) is 0 Å². The van der Waals surface area contributed by atoms with Crippen LogP contribution in [0.4, 0.5) is 14.5 Å². The van der Waals surface area contributed by atoms with Gasteiger partial charge in [0.25, 0.3) is 5.91 Å². The van der Waals surface area contributed by atoms with Crippen molar-refractivity contribution in [3.8, 4) is 0 Å². The molecule has 2 amide bonds. The topological polar surface area (TPSA) is 74.1 Å². The Morgan fingerprint density at radius 2 is 1.62 bits per heavy atom. The molecule has 188 valence electrons. The summed E-state index contributed by atoms with van der Waals surface area (Å²) < 4.78 is 27.1. The molecule has 0 radical (unpaired) electrons. The van der Waals surface area contributed by atoms with E-state index in [0.29, 0.717) is 23.0 Å². The van der Waals surface area contributed by atoms with Crippen molar-refractivity contribution < 1.29 is 18.4 Å². The van der Waals surface area contributed by atoms with Crippen molar-refractivity contribution in [2.24, 2.45) is 10.1 Å². The molecule has 3 aromatic carbocycles. The third-order valence-corrected chi connectivity index (χ3v) is 7.29. The second-order valence-corrected chi connectivity index (χ2v) is 10.3. The minimum atomic E-state index is -0.681. The monoisotopic (exact) mass is 518 g/mol. The Balaban J connectivity index is 1.35. The Morgan fingerprint density at radius 3 is 2.27 bits per heavy atom. The number of nitrogens with one attached hydrogen (secondary N) is 1. The molecule has 2 heterocycles. The number of hydrazone groups is 1. The van der Waals surface area contributed by atoms with E-state index in [-0.39, 0.29) is 30.0 Å². The standard InChI is InChI=1S/C28H24F2N4O2S/c1-16-11-17(2)13-22(12-16)31-26(35)15-25-27(36)32-28(37-25)34-24(19-5-9-21(30)10-6-19)14-23(33-34)18-3-7-20(29)8-4-18/h3-13,24-25H,14-15H2,1-2H3,(H,31,35)/t24-,25-/m1/s1. The van der Waals surface area contributed by atoms with Crippen molar-refractivity contribution >= 4 is 40.1 Å². The number of aliphatic imine (C=N–C) groups is 1. The van der Waals surface area contributed by atoms with Crippen LogP contribution in [0, 0.1) is 25.5 Å². The predicted octanol–water partition coefficient (Wildman–Crippen LogP) is 5.76. The molecule has 0 bridgehead atoms. The third kappa shape index (κ3) is 5.61. The van der Waals surface area contributed by atoms with Crippen LogP contribution in [-0.2, 0) is 9.59 Å². The number of hydrogen-bond acceptors (Lipinski definition) is 5. The average molecular weight is 519 g/mol. The molecule has 0 saturated carbocycles. The number of anilines is 1. The molecule has 5 rings (SSSR count). The van der Waals surface area contributed by atoms with Gasteiger partial charge < -0.3 is 5.32 Å². The Hall–Kier alpha value is -3.85. The molecule has 2 atom stereocenters. The number of thioether (sulfide) groups is 1. The van der Waals surface area contributed by atoms with Gasteiger partial charge in [-0.2, -0.15) is 10.1 Å². The van der Waals surface area contributed by atoms with E-state index in [1.807, 2.05) is 32.0 Å². The summed E-state index contributed by atoms with van der Waals surface area (Å²) >= 11 is 1.19. The minimum Gasteiger partial charge on any atom is -0.326 e. The summed E-state index contributed by atoms with van der Waals surface area (Å²) in [6.07, 6.45) is 0.427. The first-order chi connectivity index (χ1) is 17.7. The van der Waals surface area contributed by atoms with E-state index < -0.39 is 11.2 Å². The highest BCUT2D eigenvalue weighted by Crippen LogP contribution is 2.38. The van der Waals surface area contributed by atoms with Gasteiger partial charge in [-0.15, -0.1) is 0 Å². The fraction of sp³-hybridized carbons (Fsp3) is 0.214. The van der Waals surface area contributed by atoms with Gasteiger partial charge in [0.05, 0.1) is 11.8 Å². The van der Waals surface area contributed by atoms with E-state index in [4.69, 9.17) is 5.10 Å². The SMILES string of the molecule is Cc1cc(C)cc(NC(=O)C[C@H]2SC(N3N=C(c4ccc(F)cc4)C[C@@H]3c3ccc(F)cc3)=NC2=O)c1. The number of carbonyl (C=O) groups is 2. The third-order valence-electron chi connectivity index (χ3n) is 6.14. The van der Waals surface area contributed by atoms with Gasteiger partial charge in [0, 0.05) is 18.5 Å². The van der Waals surface area contributed by atoms with Gasteiger partial charge >= 0.3 is 0 Å². The molecule has 9 heteroatoms. The molecule has 0 saturated heterocycles. The van der Waals surface area contributed by atoms with E-state index in [1.54, 1.807) is 29.3 Å². The van der Waals surface area contributed by atoms with Gasteiger partial charge in [-0.1, -0.05) is 42.1 Å². The maximum Gasteiger partial charge on any atom is 0.262 e. The number of rotatable bonds is 5. The summed E-state index contributed by atoms with van der Waals surface area (Å²) in [6.45, 7) is 3.90. The summed E-state index contributed by atoms with van der Waals surface area (Å²) in [6, 6.07) is 17.5. The maximum atomic E-state index is 13.6. The van der Waals surface area contributed by atoms with E-state index >= 15 is 0 Å². The number of halogens is 2. The molecule has 0 aliphatic carbocycles. The summed E-state index contributed by atoms with van der Waals surface area (Å²) in [7, 11) is 0. The van der Waals surface area contributed by atoms with E-state index in [1.165, 1.54) is 36.0 Å². The first-order valence-electron chi connectivity index (χ1n) is 11.8. The molecule has 2 aliphatic heterocycles. The second-order valence-electron chi connectivity index (χ2n) is 9.14. The molecule has 37 heavy (non-hydrogen) atoms. The van der Waals surface area contributed by atoms with Gasteiger partial charge in [-0.25, -0.2) is 13.8 Å². The molecule has 2 aliphatic rings. The highest BCUT2D eigenvalue weighted by atomic mass is 32.2. The highest BCUT2D eigenvalue weighted by Gasteiger charge is 2.39. The lowest BCUT2D eigenvalue weighted by Gasteiger charge is -2.23. The average Bonchev–Trinajstić information content (AvgIpc) is 3.43. The Labute approximate surface area is 217 Å². The zero-order valence-electron chi connectivity index (χ0n) is 20.2. The van der Waals surface area contributed by atoms with Crippen molar-refractivity contribution in [3.05, 3.63) is 101 Å². The summed E-state index contributed by atoms with van der Waals surface area (Å²) in [5, 5.41) is 8.92. The predicted molar refractivity (Wildman–Crippen MR) is 142 cm³/mol. The number of amides is 2. The Bertz CT molecular complexity index is 1400. The number of hydrogen-bond donors (Lipinski definition) is 1. The zero-order valence-corrected chi connectivity index (χ0v) is 21.1. The molecule has 6 nitrogen and oxygen atoms in total. The maximum absolute atomic E-state index is 13.6. The van der Waals surface area contributed by atoms with Crippen LogP contribution in [0.3, 0.4) is 0 Å². The molecule has 0 spiro atoms. The second kappa shape index (κ2) is 10.3. The Morgan fingerprint density at radius 1 is 1.00 bits per heavy atom. The van der Waals surface area contributed by atoms with Crippen molar-refractivity contribution in [1.29, 1.82) is 0 Å². The summed E-state index contributed by atoms with van der Waals surface area (Å²) in [4.78, 5) is 29.7. The molecular weight excluding hydrogens is 494 g/mol. The van der Waals surface area contributed by atoms with Gasteiger partial charge in [0.1, 0.15) is 16.9 Å². The largest absolute Gasteiger partial charge is 0.326 e. The lowest BCUT2D eigenvalue weighted by atomic mass is 9.98. The van der Waals surface area contributed by atoms with Crippen LogP contribution in [-0.4, -0.2) is 33.0 Å². The number of amidine groups is 1. The normalized spacial score (nSPS) is 19.1. The van der Waals surface area contributed by atoms with Gasteiger partial charge in [0.2, 0.25) is 5.91 Å². The molecule has 1 N–H and O–H groups in total. The van der Waals surface area contributed by atoms with Gasteiger partial charge in [0.15, 0.2) is 5.17 Å². The van der Waals surface area contributed by atoms with Gasteiger partial charge in [-0.3, -0.25) is 9.59 Å². The van der Waals surface area contributed by atoms with Crippen LogP contribution in [0.1, 0.15) is 41.1 Å². The Kier molecular flexibility index (Phi) is 6.88. The van der Waals surface area contributed by atoms with Crippen molar-refractivity contribution in [1.82, 2.24) is 5.01 Å². The number of benzene rings is 3. The lowest BCUT2D eigenvalue weighted by Crippen LogP contribution is -2.25. The molecule has 0 fully saturated rings. The quantitative estimate of drug-likeness (QED) is 0.466. The van der Waals surface area contributed by atoms with E-state index in [2.05, 4.69) is 10.3 Å². The van der Waals surface area contributed by atoms with Crippen LogP contribution in [0.5, 0.6) is 0 Å². The van der Waals surface area contributed by atoms with Crippen molar-refractivity contribution in [3.63, 3.8) is 0 Å². The fourth-order valence-electron chi connectivity index (χ4n) is 4.48. The zero-order chi connectivity index (χ0) is 26.1. The molecule has 0 aromatic heterocycles. The molecular formula is C28H24F2N4O2S. The van der Waals surface area contributed by atoms with Crippen LogP contribution >= 0.6 is 11.8 Å². The number of carbonyl (C=O) groups excluding carboxylic acids is 2. The van der Waals surface area contributed by atoms with Gasteiger partial charge in [-0.05, 0) is 72.5 Å². The van der Waals surface area contributed by atoms with Crippen molar-refractivity contribution in [2.75, 3.05) is 5.32 Å².